The number of halogens is 1. The third-order valence-corrected chi connectivity index (χ3v) is 4.33. The van der Waals surface area contributed by atoms with E-state index in [2.05, 4.69) is 48.0 Å². The Hall–Kier alpha value is -0.380. The van der Waals surface area contributed by atoms with Crippen LogP contribution in [0, 0.1) is 0 Å². The van der Waals surface area contributed by atoms with Gasteiger partial charge in [0.15, 0.2) is 0 Å². The Labute approximate surface area is 119 Å². The molecule has 102 valence electrons. The summed E-state index contributed by atoms with van der Waals surface area (Å²) in [5.41, 5.74) is 8.43. The van der Waals surface area contributed by atoms with Crippen molar-refractivity contribution in [3.63, 3.8) is 0 Å². The Morgan fingerprint density at radius 2 is 2.00 bits per heavy atom. The maximum atomic E-state index is 9.98. The lowest BCUT2D eigenvalue weighted by atomic mass is 9.91. The quantitative estimate of drug-likeness (QED) is 0.843. The molecular weight excluding hydrogens is 290 g/mol. The van der Waals surface area contributed by atoms with Gasteiger partial charge in [-0.05, 0) is 42.4 Å². The number of aliphatic hydroxyl groups is 1. The van der Waals surface area contributed by atoms with E-state index >= 15 is 0 Å². The summed E-state index contributed by atoms with van der Waals surface area (Å²) in [6.07, 6.45) is 2.13. The van der Waals surface area contributed by atoms with E-state index in [4.69, 9.17) is 5.73 Å². The molecule has 1 aromatic rings. The number of hydrogen-bond donors (Lipinski definition) is 2. The van der Waals surface area contributed by atoms with Crippen molar-refractivity contribution in [1.82, 2.24) is 0 Å². The van der Waals surface area contributed by atoms with Crippen LogP contribution < -0.4 is 5.73 Å². The molecule has 0 aliphatic carbocycles. The maximum absolute atomic E-state index is 9.98. The Balaban J connectivity index is 2.72. The molecule has 18 heavy (non-hydrogen) atoms. The average molecular weight is 314 g/mol. The van der Waals surface area contributed by atoms with Gasteiger partial charge in [0.25, 0.3) is 0 Å². The van der Waals surface area contributed by atoms with Gasteiger partial charge in [0.05, 0.1) is 6.10 Å². The molecule has 2 nitrogen and oxygen atoms in total. The summed E-state index contributed by atoms with van der Waals surface area (Å²) in [6, 6.07) is 6.35. The average Bonchev–Trinajstić information content (AvgIpc) is 2.37. The first-order chi connectivity index (χ1) is 8.49. The van der Waals surface area contributed by atoms with Crippen LogP contribution in [0.15, 0.2) is 22.7 Å². The number of hydrogen-bond acceptors (Lipinski definition) is 2. The fourth-order valence-corrected chi connectivity index (χ4v) is 2.78. The lowest BCUT2D eigenvalue weighted by molar-refractivity contribution is 0.126. The summed E-state index contributed by atoms with van der Waals surface area (Å²) in [6.45, 7) is 6.29. The van der Waals surface area contributed by atoms with Gasteiger partial charge in [-0.3, -0.25) is 0 Å². The molecule has 0 bridgehead atoms. The molecule has 1 rings (SSSR count). The second kappa shape index (κ2) is 7.27. The number of nitrogens with two attached hydrogens (primary N) is 1. The summed E-state index contributed by atoms with van der Waals surface area (Å²) in [7, 11) is 0. The SMILES string of the molecule is CCc1ccc(C(C)CC(O)C(N)CC)cc1Br. The fourth-order valence-electron chi connectivity index (χ4n) is 2.10. The minimum absolute atomic E-state index is 0.120. The number of aliphatic hydroxyl groups excluding tert-OH is 1. The molecule has 0 saturated carbocycles. The zero-order valence-corrected chi connectivity index (χ0v) is 13.1. The van der Waals surface area contributed by atoms with Crippen LogP contribution in [0.4, 0.5) is 0 Å². The van der Waals surface area contributed by atoms with E-state index in [1.807, 2.05) is 6.92 Å². The van der Waals surface area contributed by atoms with Crippen LogP contribution in [0.3, 0.4) is 0 Å². The van der Waals surface area contributed by atoms with Crippen molar-refractivity contribution < 1.29 is 5.11 Å². The van der Waals surface area contributed by atoms with Crippen LogP contribution >= 0.6 is 15.9 Å². The number of aryl methyl sites for hydroxylation is 1. The van der Waals surface area contributed by atoms with E-state index in [1.54, 1.807) is 0 Å². The lowest BCUT2D eigenvalue weighted by Gasteiger charge is -2.21. The third kappa shape index (κ3) is 4.08. The molecule has 3 N–H and O–H groups in total. The van der Waals surface area contributed by atoms with Gasteiger partial charge in [-0.2, -0.15) is 0 Å². The van der Waals surface area contributed by atoms with E-state index in [9.17, 15) is 5.11 Å². The third-order valence-electron chi connectivity index (χ3n) is 3.59. The predicted molar refractivity (Wildman–Crippen MR) is 80.8 cm³/mol. The van der Waals surface area contributed by atoms with E-state index in [0.717, 1.165) is 17.3 Å². The van der Waals surface area contributed by atoms with Crippen molar-refractivity contribution in [2.45, 2.75) is 58.1 Å². The zero-order valence-electron chi connectivity index (χ0n) is 11.5. The molecule has 0 aliphatic heterocycles. The highest BCUT2D eigenvalue weighted by molar-refractivity contribution is 9.10. The van der Waals surface area contributed by atoms with Crippen molar-refractivity contribution in [3.05, 3.63) is 33.8 Å². The summed E-state index contributed by atoms with van der Waals surface area (Å²) < 4.78 is 1.16. The molecule has 0 saturated heterocycles. The van der Waals surface area contributed by atoms with Crippen molar-refractivity contribution in [3.8, 4) is 0 Å². The van der Waals surface area contributed by atoms with E-state index in [0.29, 0.717) is 12.3 Å². The van der Waals surface area contributed by atoms with E-state index in [-0.39, 0.29) is 6.04 Å². The second-order valence-corrected chi connectivity index (χ2v) is 5.83. The Morgan fingerprint density at radius 3 is 2.50 bits per heavy atom. The number of rotatable bonds is 6. The van der Waals surface area contributed by atoms with Crippen LogP contribution in [0.25, 0.3) is 0 Å². The minimum Gasteiger partial charge on any atom is -0.391 e. The first-order valence-corrected chi connectivity index (χ1v) is 7.50. The normalized spacial score (nSPS) is 16.3. The van der Waals surface area contributed by atoms with Gasteiger partial charge >= 0.3 is 0 Å². The van der Waals surface area contributed by atoms with E-state index in [1.165, 1.54) is 11.1 Å². The molecule has 0 aromatic heterocycles. The molecule has 0 aliphatic rings. The number of benzene rings is 1. The molecule has 0 spiro atoms. The molecule has 3 heteroatoms. The highest BCUT2D eigenvalue weighted by Crippen LogP contribution is 2.27. The highest BCUT2D eigenvalue weighted by atomic mass is 79.9. The topological polar surface area (TPSA) is 46.2 Å². The molecule has 0 radical (unpaired) electrons. The molecular formula is C15H24BrNO. The van der Waals surface area contributed by atoms with Crippen molar-refractivity contribution in [2.24, 2.45) is 5.73 Å². The molecule has 0 fully saturated rings. The summed E-state index contributed by atoms with van der Waals surface area (Å²) in [5, 5.41) is 9.98. The smallest absolute Gasteiger partial charge is 0.0696 e. The van der Waals surface area contributed by atoms with Crippen LogP contribution in [-0.4, -0.2) is 17.3 Å². The van der Waals surface area contributed by atoms with Gasteiger partial charge in [0.1, 0.15) is 0 Å². The van der Waals surface area contributed by atoms with Crippen LogP contribution in [0.1, 0.15) is 50.7 Å². The van der Waals surface area contributed by atoms with Gasteiger partial charge in [-0.1, -0.05) is 48.8 Å². The van der Waals surface area contributed by atoms with Crippen LogP contribution in [-0.2, 0) is 6.42 Å². The largest absolute Gasteiger partial charge is 0.391 e. The Morgan fingerprint density at radius 1 is 1.33 bits per heavy atom. The van der Waals surface area contributed by atoms with E-state index < -0.39 is 6.10 Å². The second-order valence-electron chi connectivity index (χ2n) is 4.98. The molecule has 0 heterocycles. The predicted octanol–water partition coefficient (Wildman–Crippen LogP) is 3.60. The molecule has 3 unspecified atom stereocenters. The zero-order chi connectivity index (χ0) is 13.7. The summed E-state index contributed by atoms with van der Waals surface area (Å²) in [5.74, 6) is 0.319. The first kappa shape index (κ1) is 15.7. The first-order valence-electron chi connectivity index (χ1n) is 6.71. The van der Waals surface area contributed by atoms with Crippen LogP contribution in [0.5, 0.6) is 0 Å². The monoisotopic (exact) mass is 313 g/mol. The lowest BCUT2D eigenvalue weighted by Crippen LogP contribution is -2.34. The van der Waals surface area contributed by atoms with Crippen LogP contribution in [0.2, 0.25) is 0 Å². The van der Waals surface area contributed by atoms with Crippen molar-refractivity contribution >= 4 is 15.9 Å². The highest BCUT2D eigenvalue weighted by Gasteiger charge is 2.17. The molecule has 0 amide bonds. The van der Waals surface area contributed by atoms with Crippen molar-refractivity contribution in [2.75, 3.05) is 0 Å². The van der Waals surface area contributed by atoms with Gasteiger partial charge < -0.3 is 10.8 Å². The van der Waals surface area contributed by atoms with Gasteiger partial charge in [0, 0.05) is 10.5 Å². The van der Waals surface area contributed by atoms with Gasteiger partial charge in [0.2, 0.25) is 0 Å². The fraction of sp³-hybridized carbons (Fsp3) is 0.600. The van der Waals surface area contributed by atoms with Crippen molar-refractivity contribution in [1.29, 1.82) is 0 Å². The minimum atomic E-state index is -0.422. The Bertz CT molecular complexity index is 381. The maximum Gasteiger partial charge on any atom is 0.0696 e. The molecule has 3 atom stereocenters. The molecule has 1 aromatic carbocycles. The standard InChI is InChI=1S/C15H24BrNO/c1-4-11-6-7-12(9-13(11)16)10(3)8-15(18)14(17)5-2/h6-7,9-10,14-15,18H,4-5,8,17H2,1-3H3. The van der Waals surface area contributed by atoms with Gasteiger partial charge in [-0.25, -0.2) is 0 Å². The summed E-state index contributed by atoms with van der Waals surface area (Å²) in [4.78, 5) is 0. The van der Waals surface area contributed by atoms with Gasteiger partial charge in [-0.15, -0.1) is 0 Å². The summed E-state index contributed by atoms with van der Waals surface area (Å²) >= 11 is 3.60. The Kier molecular flexibility index (Phi) is 6.33.